The molecule has 0 unspecified atom stereocenters. The summed E-state index contributed by atoms with van der Waals surface area (Å²) in [5.74, 6) is -1.94. The number of hydrogen-bond donors (Lipinski definition) is 2. The third-order valence-corrected chi connectivity index (χ3v) is 2.31. The Bertz CT molecular complexity index is 667. The fraction of sp³-hybridized carbons (Fsp3) is 0.0833. The van der Waals surface area contributed by atoms with Crippen LogP contribution in [0.4, 0.5) is 14.6 Å². The molecular formula is C12H8BF2N3OU. The third kappa shape index (κ3) is 3.23. The molecule has 4 nitrogen and oxygen atoms in total. The largest absolute Gasteiger partial charge is 2.00 e. The topological polar surface area (TPSA) is 68.7 Å². The minimum Gasteiger partial charge on any atom is -0.476 e. The first-order valence-corrected chi connectivity index (χ1v) is 5.13. The summed E-state index contributed by atoms with van der Waals surface area (Å²) in [7, 11) is 5.43. The molecule has 98 valence electrons. The molecule has 8 heteroatoms. The molecule has 0 fully saturated rings. The van der Waals surface area contributed by atoms with Gasteiger partial charge >= 0.3 is 31.1 Å². The molecule has 0 aliphatic heterocycles. The number of nitriles is 1. The maximum absolute atomic E-state index is 13.4. The monoisotopic (exact) mass is 497 g/mol. The summed E-state index contributed by atoms with van der Waals surface area (Å²) in [5.41, 5.74) is -0.634. The van der Waals surface area contributed by atoms with Crippen LogP contribution in [-0.2, 0) is 4.79 Å². The SMILES string of the molecule is [B]c1c(F)cc(F)c2[nH]c(N[C-]=O)c(C#N)c12.[CH2-]C.[U+2]. The van der Waals surface area contributed by atoms with Gasteiger partial charge in [0.1, 0.15) is 19.5 Å². The van der Waals surface area contributed by atoms with E-state index in [4.69, 9.17) is 13.1 Å². The summed E-state index contributed by atoms with van der Waals surface area (Å²) in [6.07, 6.45) is 1.33. The second-order valence-corrected chi connectivity index (χ2v) is 3.22. The van der Waals surface area contributed by atoms with Gasteiger partial charge in [0.2, 0.25) is 0 Å². The number of fused-ring (bicyclic) bond motifs is 1. The van der Waals surface area contributed by atoms with Gasteiger partial charge in [-0.15, -0.1) is 0 Å². The number of aromatic amines is 1. The van der Waals surface area contributed by atoms with Crippen molar-refractivity contribution in [1.29, 1.82) is 5.26 Å². The molecule has 0 saturated carbocycles. The summed E-state index contributed by atoms with van der Waals surface area (Å²) in [6.45, 7) is 5.00. The maximum atomic E-state index is 13.4. The molecular weight excluding hydrogens is 489 g/mol. The van der Waals surface area contributed by atoms with Crippen LogP contribution in [-0.4, -0.2) is 19.2 Å². The fourth-order valence-electron chi connectivity index (χ4n) is 1.59. The van der Waals surface area contributed by atoms with E-state index < -0.39 is 11.6 Å². The molecule has 0 atom stereocenters. The van der Waals surface area contributed by atoms with Gasteiger partial charge in [0.25, 0.3) is 0 Å². The molecule has 20 heavy (non-hydrogen) atoms. The number of halogens is 2. The van der Waals surface area contributed by atoms with Crippen molar-refractivity contribution in [3.8, 4) is 6.07 Å². The van der Waals surface area contributed by atoms with Crippen molar-refractivity contribution >= 4 is 36.4 Å². The second kappa shape index (κ2) is 8.09. The van der Waals surface area contributed by atoms with Crippen molar-refractivity contribution < 1.29 is 44.7 Å². The molecule has 1 heterocycles. The minimum absolute atomic E-state index is 0. The van der Waals surface area contributed by atoms with Gasteiger partial charge in [-0.2, -0.15) is 12.2 Å². The van der Waals surface area contributed by atoms with Crippen LogP contribution >= 0.6 is 0 Å². The van der Waals surface area contributed by atoms with Crippen LogP contribution in [0.1, 0.15) is 12.5 Å². The number of carbonyl (C=O) groups excluding carboxylic acids is 1. The maximum Gasteiger partial charge on any atom is 2.00 e. The van der Waals surface area contributed by atoms with E-state index in [0.29, 0.717) is 6.07 Å². The molecule has 2 rings (SSSR count). The molecule has 2 aromatic rings. The van der Waals surface area contributed by atoms with Crippen LogP contribution in [0.3, 0.4) is 0 Å². The van der Waals surface area contributed by atoms with Crippen LogP contribution in [0.15, 0.2) is 6.07 Å². The molecule has 0 bridgehead atoms. The quantitative estimate of drug-likeness (QED) is 0.375. The predicted molar refractivity (Wildman–Crippen MR) is 68.7 cm³/mol. The Morgan fingerprint density at radius 3 is 2.55 bits per heavy atom. The number of aromatic nitrogens is 1. The molecule has 0 saturated heterocycles. The van der Waals surface area contributed by atoms with E-state index in [9.17, 15) is 13.6 Å². The Morgan fingerprint density at radius 2 is 2.05 bits per heavy atom. The van der Waals surface area contributed by atoms with Crippen molar-refractivity contribution in [2.75, 3.05) is 5.32 Å². The van der Waals surface area contributed by atoms with E-state index >= 15 is 0 Å². The van der Waals surface area contributed by atoms with Crippen LogP contribution in [0.5, 0.6) is 0 Å². The molecule has 1 aromatic carbocycles. The molecule has 1 aromatic heterocycles. The normalized spacial score (nSPS) is 8.95. The van der Waals surface area contributed by atoms with Crippen LogP contribution < -0.4 is 10.8 Å². The van der Waals surface area contributed by atoms with Crippen molar-refractivity contribution in [3.05, 3.63) is 30.2 Å². The Kier molecular flexibility index (Phi) is 7.56. The van der Waals surface area contributed by atoms with Gasteiger partial charge in [0, 0.05) is 11.6 Å². The third-order valence-electron chi connectivity index (χ3n) is 2.31. The number of nitrogens with zero attached hydrogens (tertiary/aromatic N) is 1. The van der Waals surface area contributed by atoms with E-state index in [1.165, 1.54) is 6.41 Å². The van der Waals surface area contributed by atoms with Crippen molar-refractivity contribution in [1.82, 2.24) is 4.98 Å². The van der Waals surface area contributed by atoms with Gasteiger partial charge in [0.15, 0.2) is 0 Å². The molecule has 0 spiro atoms. The van der Waals surface area contributed by atoms with Crippen molar-refractivity contribution in [3.63, 3.8) is 0 Å². The molecule has 1 amide bonds. The second-order valence-electron chi connectivity index (χ2n) is 3.22. The molecule has 2 radical (unpaired) electrons. The van der Waals surface area contributed by atoms with Crippen LogP contribution in [0.2, 0.25) is 0 Å². The number of H-pyrrole nitrogens is 1. The summed E-state index contributed by atoms with van der Waals surface area (Å²) >= 11 is 0. The smallest absolute Gasteiger partial charge is 0.476 e. The van der Waals surface area contributed by atoms with Gasteiger partial charge in [-0.05, 0) is 11.2 Å². The zero-order valence-electron chi connectivity index (χ0n) is 10.5. The predicted octanol–water partition coefficient (Wildman–Crippen LogP) is 1.43. The zero-order chi connectivity index (χ0) is 14.6. The molecule has 0 aliphatic rings. The zero-order valence-corrected chi connectivity index (χ0v) is 14.6. The summed E-state index contributed by atoms with van der Waals surface area (Å²) in [6, 6.07) is 2.31. The van der Waals surface area contributed by atoms with Gasteiger partial charge in [0.05, 0.1) is 18.0 Å². The van der Waals surface area contributed by atoms with Gasteiger partial charge in [-0.1, -0.05) is 5.46 Å². The van der Waals surface area contributed by atoms with Crippen molar-refractivity contribution in [2.24, 2.45) is 0 Å². The Labute approximate surface area is 139 Å². The minimum atomic E-state index is -0.966. The van der Waals surface area contributed by atoms with Crippen LogP contribution in [0.25, 0.3) is 10.9 Å². The van der Waals surface area contributed by atoms with E-state index in [0.717, 1.165) is 0 Å². The summed E-state index contributed by atoms with van der Waals surface area (Å²) in [5, 5.41) is 10.9. The Balaban J connectivity index is 0.00000115. The molecule has 0 aliphatic carbocycles. The van der Waals surface area contributed by atoms with Crippen LogP contribution in [0, 0.1) is 61.0 Å². The van der Waals surface area contributed by atoms with Gasteiger partial charge in [-0.3, -0.25) is 0 Å². The number of benzene rings is 1. The number of hydrogen-bond acceptors (Lipinski definition) is 2. The number of nitrogens with one attached hydrogen (secondary N) is 2. The standard InChI is InChI=1S/C10H3BF2N3O.C2H5.U/c11-8-5(12)1-6(13)9-7(8)4(2-14)10(16-9)15-3-17;1-2;/h1,16H,(H,15,17);1H2,2H3;/q2*-1;+2. The fourth-order valence-corrected chi connectivity index (χ4v) is 1.59. The van der Waals surface area contributed by atoms with Gasteiger partial charge < -0.3 is 22.0 Å². The molecule has 2 N–H and O–H groups in total. The van der Waals surface area contributed by atoms with E-state index in [2.05, 4.69) is 17.2 Å². The average Bonchev–Trinajstić information content (AvgIpc) is 2.78. The first-order valence-electron chi connectivity index (χ1n) is 5.13. The van der Waals surface area contributed by atoms with Crippen molar-refractivity contribution in [2.45, 2.75) is 6.92 Å². The first-order chi connectivity index (χ1) is 9.10. The number of anilines is 1. The number of amides is 1. The summed E-state index contributed by atoms with van der Waals surface area (Å²) in [4.78, 5) is 12.6. The number of rotatable bonds is 2. The first kappa shape index (κ1) is 18.7. The summed E-state index contributed by atoms with van der Waals surface area (Å²) < 4.78 is 26.7. The van der Waals surface area contributed by atoms with Gasteiger partial charge in [-0.25, -0.2) is 8.78 Å². The van der Waals surface area contributed by atoms with E-state index in [1.54, 1.807) is 13.0 Å². The van der Waals surface area contributed by atoms with E-state index in [-0.39, 0.29) is 58.9 Å². The Hall–Kier alpha value is -1.30. The average molecular weight is 497 g/mol. The Morgan fingerprint density at radius 1 is 1.45 bits per heavy atom. The van der Waals surface area contributed by atoms with E-state index in [1.807, 2.05) is 0 Å².